The van der Waals surface area contributed by atoms with Crippen LogP contribution in [0, 0.1) is 5.41 Å². The second-order valence-electron chi connectivity index (χ2n) is 6.39. The van der Waals surface area contributed by atoms with E-state index >= 15 is 0 Å². The number of hydrogen-bond acceptors (Lipinski definition) is 3. The van der Waals surface area contributed by atoms with E-state index in [1.54, 1.807) is 7.11 Å². The average molecular weight is 291 g/mol. The van der Waals surface area contributed by atoms with Gasteiger partial charge in [-0.1, -0.05) is 31.2 Å². The fraction of sp³-hybridized carbons (Fsp3) is 0.667. The molecule has 1 aliphatic heterocycles. The van der Waals surface area contributed by atoms with Crippen molar-refractivity contribution < 1.29 is 9.84 Å². The molecule has 3 heteroatoms. The number of piperidine rings is 1. The van der Waals surface area contributed by atoms with Crippen molar-refractivity contribution in [1.82, 2.24) is 4.90 Å². The number of rotatable bonds is 7. The fourth-order valence-corrected chi connectivity index (χ4v) is 3.31. The third-order valence-electron chi connectivity index (χ3n) is 4.75. The van der Waals surface area contributed by atoms with E-state index in [-0.39, 0.29) is 12.0 Å². The molecule has 1 unspecified atom stereocenters. The van der Waals surface area contributed by atoms with E-state index < -0.39 is 0 Å². The first-order chi connectivity index (χ1) is 10.2. The van der Waals surface area contributed by atoms with Crippen LogP contribution in [0.15, 0.2) is 24.3 Å². The van der Waals surface area contributed by atoms with Crippen molar-refractivity contribution in [2.24, 2.45) is 5.41 Å². The van der Waals surface area contributed by atoms with Crippen molar-refractivity contribution in [3.8, 4) is 0 Å². The summed E-state index contributed by atoms with van der Waals surface area (Å²) in [6, 6.07) is 8.93. The van der Waals surface area contributed by atoms with Crippen LogP contribution in [0.2, 0.25) is 0 Å². The lowest BCUT2D eigenvalue weighted by atomic mass is 9.78. The summed E-state index contributed by atoms with van der Waals surface area (Å²) in [6.45, 7) is 6.28. The molecule has 21 heavy (non-hydrogen) atoms. The summed E-state index contributed by atoms with van der Waals surface area (Å²) in [4.78, 5) is 2.48. The monoisotopic (exact) mass is 291 g/mol. The first-order valence-corrected chi connectivity index (χ1v) is 8.11. The van der Waals surface area contributed by atoms with Gasteiger partial charge in [0, 0.05) is 32.2 Å². The summed E-state index contributed by atoms with van der Waals surface area (Å²) >= 11 is 0. The molecule has 0 bridgehead atoms. The predicted octanol–water partition coefficient (Wildman–Crippen LogP) is 2.86. The van der Waals surface area contributed by atoms with Gasteiger partial charge in [0.1, 0.15) is 0 Å². The van der Waals surface area contributed by atoms with Gasteiger partial charge in [-0.25, -0.2) is 0 Å². The number of aliphatic hydroxyl groups excluding tert-OH is 1. The van der Waals surface area contributed by atoms with E-state index in [0.29, 0.717) is 0 Å². The lowest BCUT2D eigenvalue weighted by Crippen LogP contribution is -2.45. The molecular formula is C18H29NO2. The summed E-state index contributed by atoms with van der Waals surface area (Å²) in [6.07, 6.45) is 4.31. The lowest BCUT2D eigenvalue weighted by molar-refractivity contribution is 0.00476. The van der Waals surface area contributed by atoms with Gasteiger partial charge in [0.25, 0.3) is 0 Å². The highest BCUT2D eigenvalue weighted by atomic mass is 16.5. The minimum absolute atomic E-state index is 0.0254. The Morgan fingerprint density at radius 2 is 1.95 bits per heavy atom. The SMILES string of the molecule is CCc1ccc(CN2CCCC(CO)(CCOC)C2)cc1. The quantitative estimate of drug-likeness (QED) is 0.838. The summed E-state index contributed by atoms with van der Waals surface area (Å²) in [5.41, 5.74) is 2.78. The third kappa shape index (κ3) is 4.53. The molecule has 0 aromatic heterocycles. The topological polar surface area (TPSA) is 32.7 Å². The zero-order chi connectivity index (χ0) is 15.1. The zero-order valence-electron chi connectivity index (χ0n) is 13.5. The van der Waals surface area contributed by atoms with Gasteiger partial charge >= 0.3 is 0 Å². The smallest absolute Gasteiger partial charge is 0.0500 e. The van der Waals surface area contributed by atoms with Crippen LogP contribution in [-0.2, 0) is 17.7 Å². The number of methoxy groups -OCH3 is 1. The molecule has 3 nitrogen and oxygen atoms in total. The maximum Gasteiger partial charge on any atom is 0.0500 e. The fourth-order valence-electron chi connectivity index (χ4n) is 3.31. The molecule has 1 saturated heterocycles. The van der Waals surface area contributed by atoms with Crippen molar-refractivity contribution in [2.45, 2.75) is 39.2 Å². The molecule has 1 N–H and O–H groups in total. The van der Waals surface area contributed by atoms with Crippen LogP contribution >= 0.6 is 0 Å². The number of benzene rings is 1. The number of ether oxygens (including phenoxy) is 1. The number of hydrogen-bond donors (Lipinski definition) is 1. The summed E-state index contributed by atoms with van der Waals surface area (Å²) in [5, 5.41) is 9.84. The molecule has 1 aromatic rings. The van der Waals surface area contributed by atoms with E-state index in [0.717, 1.165) is 51.9 Å². The van der Waals surface area contributed by atoms with Crippen molar-refractivity contribution in [1.29, 1.82) is 0 Å². The minimum atomic E-state index is 0.0254. The molecule has 2 rings (SSSR count). The van der Waals surface area contributed by atoms with Crippen molar-refractivity contribution in [3.05, 3.63) is 35.4 Å². The highest BCUT2D eigenvalue weighted by molar-refractivity contribution is 5.22. The van der Waals surface area contributed by atoms with E-state index in [9.17, 15) is 5.11 Å². The van der Waals surface area contributed by atoms with Crippen LogP contribution in [0.3, 0.4) is 0 Å². The van der Waals surface area contributed by atoms with Gasteiger partial charge in [0.15, 0.2) is 0 Å². The molecule has 0 amide bonds. The summed E-state index contributed by atoms with van der Waals surface area (Å²) in [7, 11) is 1.74. The number of nitrogens with zero attached hydrogens (tertiary/aromatic N) is 1. The van der Waals surface area contributed by atoms with Gasteiger partial charge < -0.3 is 9.84 Å². The Morgan fingerprint density at radius 3 is 2.57 bits per heavy atom. The zero-order valence-corrected chi connectivity index (χ0v) is 13.5. The van der Waals surface area contributed by atoms with Gasteiger partial charge in [-0.3, -0.25) is 4.90 Å². The molecule has 0 spiro atoms. The minimum Gasteiger partial charge on any atom is -0.396 e. The van der Waals surface area contributed by atoms with Crippen LogP contribution in [0.25, 0.3) is 0 Å². The molecule has 0 radical (unpaired) electrons. The summed E-state index contributed by atoms with van der Waals surface area (Å²) < 4.78 is 5.22. The van der Waals surface area contributed by atoms with Gasteiger partial charge in [-0.05, 0) is 43.4 Å². The van der Waals surface area contributed by atoms with Crippen molar-refractivity contribution >= 4 is 0 Å². The van der Waals surface area contributed by atoms with Crippen LogP contribution in [-0.4, -0.2) is 43.4 Å². The summed E-state index contributed by atoms with van der Waals surface area (Å²) in [5.74, 6) is 0. The molecule has 1 fully saturated rings. The van der Waals surface area contributed by atoms with Crippen LogP contribution in [0.1, 0.15) is 37.3 Å². The van der Waals surface area contributed by atoms with E-state index in [2.05, 4.69) is 36.1 Å². The number of aliphatic hydroxyl groups is 1. The first kappa shape index (κ1) is 16.5. The molecule has 1 aromatic carbocycles. The largest absolute Gasteiger partial charge is 0.396 e. The van der Waals surface area contributed by atoms with E-state index in [1.807, 2.05) is 0 Å². The van der Waals surface area contributed by atoms with Crippen molar-refractivity contribution in [3.63, 3.8) is 0 Å². The Bertz CT molecular complexity index is 418. The molecule has 118 valence electrons. The molecule has 1 heterocycles. The number of aryl methyl sites for hydroxylation is 1. The average Bonchev–Trinajstić information content (AvgIpc) is 2.54. The standard InChI is InChI=1S/C18H29NO2/c1-3-16-5-7-17(8-6-16)13-19-11-4-9-18(14-19,15-20)10-12-21-2/h5-8,20H,3-4,9-15H2,1-2H3. The lowest BCUT2D eigenvalue weighted by Gasteiger charge is -2.42. The molecular weight excluding hydrogens is 262 g/mol. The predicted molar refractivity (Wildman–Crippen MR) is 86.3 cm³/mol. The Balaban J connectivity index is 1.96. The second kappa shape index (κ2) is 7.92. The Kier molecular flexibility index (Phi) is 6.22. The Hall–Kier alpha value is -0.900. The number of likely N-dealkylation sites (tertiary alicyclic amines) is 1. The third-order valence-corrected chi connectivity index (χ3v) is 4.75. The normalized spacial score (nSPS) is 23.4. The van der Waals surface area contributed by atoms with Crippen LogP contribution in [0.5, 0.6) is 0 Å². The van der Waals surface area contributed by atoms with Gasteiger partial charge in [0.05, 0.1) is 6.61 Å². The van der Waals surface area contributed by atoms with E-state index in [1.165, 1.54) is 11.1 Å². The van der Waals surface area contributed by atoms with Crippen molar-refractivity contribution in [2.75, 3.05) is 33.4 Å². The van der Waals surface area contributed by atoms with E-state index in [4.69, 9.17) is 4.74 Å². The Labute approximate surface area is 128 Å². The molecule has 1 atom stereocenters. The highest BCUT2D eigenvalue weighted by Gasteiger charge is 2.34. The van der Waals surface area contributed by atoms with Crippen LogP contribution < -0.4 is 0 Å². The second-order valence-corrected chi connectivity index (χ2v) is 6.39. The van der Waals surface area contributed by atoms with Gasteiger partial charge in [-0.15, -0.1) is 0 Å². The highest BCUT2D eigenvalue weighted by Crippen LogP contribution is 2.33. The Morgan fingerprint density at radius 1 is 1.24 bits per heavy atom. The van der Waals surface area contributed by atoms with Gasteiger partial charge in [-0.2, -0.15) is 0 Å². The molecule has 0 aliphatic carbocycles. The molecule has 1 aliphatic rings. The maximum absolute atomic E-state index is 9.84. The maximum atomic E-state index is 9.84. The van der Waals surface area contributed by atoms with Gasteiger partial charge in [0.2, 0.25) is 0 Å². The van der Waals surface area contributed by atoms with Crippen LogP contribution in [0.4, 0.5) is 0 Å². The first-order valence-electron chi connectivity index (χ1n) is 8.11. The molecule has 0 saturated carbocycles.